The van der Waals surface area contributed by atoms with Gasteiger partial charge in [-0.25, -0.2) is 4.68 Å². The van der Waals surface area contributed by atoms with Crippen LogP contribution in [0.2, 0.25) is 0 Å². The van der Waals surface area contributed by atoms with E-state index in [1.165, 1.54) is 25.7 Å². The summed E-state index contributed by atoms with van der Waals surface area (Å²) in [4.78, 5) is 5.47. The van der Waals surface area contributed by atoms with Gasteiger partial charge < -0.3 is 5.73 Å². The molecule has 0 bridgehead atoms. The first-order chi connectivity index (χ1) is 10.3. The van der Waals surface area contributed by atoms with Gasteiger partial charge in [-0.15, -0.1) is 5.10 Å². The highest BCUT2D eigenvalue weighted by atomic mass is 32.2. The summed E-state index contributed by atoms with van der Waals surface area (Å²) in [5.41, 5.74) is 6.91. The SMILES string of the molecule is CC[C@H](N)c1ccc(Sc2nnnn2C2CCCC2)cn1. The Bertz CT molecular complexity index is 575. The molecule has 0 aromatic carbocycles. The molecular weight excluding hydrogens is 284 g/mol. The second kappa shape index (κ2) is 6.53. The Morgan fingerprint density at radius 1 is 1.38 bits per heavy atom. The van der Waals surface area contributed by atoms with Crippen LogP contribution in [0.5, 0.6) is 0 Å². The first-order valence-corrected chi connectivity index (χ1v) is 8.27. The number of nitrogens with zero attached hydrogens (tertiary/aromatic N) is 5. The van der Waals surface area contributed by atoms with Gasteiger partial charge in [-0.3, -0.25) is 4.98 Å². The third-order valence-electron chi connectivity index (χ3n) is 3.92. The van der Waals surface area contributed by atoms with Crippen molar-refractivity contribution < 1.29 is 0 Å². The van der Waals surface area contributed by atoms with Gasteiger partial charge in [0, 0.05) is 17.1 Å². The summed E-state index contributed by atoms with van der Waals surface area (Å²) in [6.45, 7) is 2.06. The smallest absolute Gasteiger partial charge is 0.214 e. The van der Waals surface area contributed by atoms with Crippen LogP contribution < -0.4 is 5.73 Å². The van der Waals surface area contributed by atoms with Crippen molar-refractivity contribution in [1.82, 2.24) is 25.2 Å². The molecule has 2 aromatic heterocycles. The zero-order chi connectivity index (χ0) is 14.7. The van der Waals surface area contributed by atoms with Crippen molar-refractivity contribution >= 4 is 11.8 Å². The largest absolute Gasteiger partial charge is 0.323 e. The average Bonchev–Trinajstić information content (AvgIpc) is 3.18. The standard InChI is InChI=1S/C14H20N6S/c1-2-12(15)13-8-7-11(9-16-13)21-14-17-18-19-20(14)10-5-3-4-6-10/h7-10,12H,2-6,15H2,1H3/t12-/m0/s1. The van der Waals surface area contributed by atoms with E-state index in [1.807, 2.05) is 23.0 Å². The molecule has 2 heterocycles. The van der Waals surface area contributed by atoms with Gasteiger partial charge in [0.1, 0.15) is 0 Å². The fraction of sp³-hybridized carbons (Fsp3) is 0.571. The molecule has 0 unspecified atom stereocenters. The second-order valence-corrected chi connectivity index (χ2v) is 6.42. The lowest BCUT2D eigenvalue weighted by Crippen LogP contribution is -2.10. The van der Waals surface area contributed by atoms with E-state index in [0.717, 1.165) is 22.2 Å². The molecule has 0 amide bonds. The maximum Gasteiger partial charge on any atom is 0.214 e. The number of hydrogen-bond donors (Lipinski definition) is 1. The summed E-state index contributed by atoms with van der Waals surface area (Å²) in [5, 5.41) is 13.0. The third kappa shape index (κ3) is 3.24. The Morgan fingerprint density at radius 2 is 2.19 bits per heavy atom. The maximum absolute atomic E-state index is 5.98. The van der Waals surface area contributed by atoms with Crippen molar-refractivity contribution in [3.63, 3.8) is 0 Å². The number of nitrogens with two attached hydrogens (primary N) is 1. The van der Waals surface area contributed by atoms with Gasteiger partial charge >= 0.3 is 0 Å². The Labute approximate surface area is 128 Å². The molecule has 1 saturated carbocycles. The van der Waals surface area contributed by atoms with Gasteiger partial charge in [-0.2, -0.15) is 0 Å². The van der Waals surface area contributed by atoms with E-state index in [9.17, 15) is 0 Å². The minimum Gasteiger partial charge on any atom is -0.323 e. The minimum absolute atomic E-state index is 0.00728. The summed E-state index contributed by atoms with van der Waals surface area (Å²) < 4.78 is 1.96. The van der Waals surface area contributed by atoms with Gasteiger partial charge in [0.25, 0.3) is 0 Å². The summed E-state index contributed by atoms with van der Waals surface area (Å²) in [6.07, 6.45) is 7.60. The zero-order valence-electron chi connectivity index (χ0n) is 12.1. The lowest BCUT2D eigenvalue weighted by atomic mass is 10.1. The van der Waals surface area contributed by atoms with Crippen LogP contribution in [0.3, 0.4) is 0 Å². The van der Waals surface area contributed by atoms with Crippen LogP contribution in [0, 0.1) is 0 Å². The van der Waals surface area contributed by atoms with Crippen LogP contribution >= 0.6 is 11.8 Å². The Hall–Kier alpha value is -1.47. The molecule has 0 aliphatic heterocycles. The van der Waals surface area contributed by atoms with Crippen LogP contribution in [0.4, 0.5) is 0 Å². The summed E-state index contributed by atoms with van der Waals surface area (Å²) in [7, 11) is 0. The van der Waals surface area contributed by atoms with Crippen LogP contribution in [0.25, 0.3) is 0 Å². The first-order valence-electron chi connectivity index (χ1n) is 7.45. The predicted octanol–water partition coefficient (Wildman–Crippen LogP) is 2.74. The van der Waals surface area contributed by atoms with Crippen molar-refractivity contribution in [2.24, 2.45) is 5.73 Å². The molecular formula is C14H20N6S. The lowest BCUT2D eigenvalue weighted by Gasteiger charge is -2.11. The molecule has 6 nitrogen and oxygen atoms in total. The molecule has 0 spiro atoms. The maximum atomic E-state index is 5.98. The molecule has 2 aromatic rings. The van der Waals surface area contributed by atoms with Crippen LogP contribution in [-0.4, -0.2) is 25.2 Å². The average molecular weight is 304 g/mol. The monoisotopic (exact) mass is 304 g/mol. The van der Waals surface area contributed by atoms with Gasteiger partial charge in [-0.05, 0) is 53.6 Å². The molecule has 2 N–H and O–H groups in total. The number of rotatable bonds is 5. The topological polar surface area (TPSA) is 82.5 Å². The van der Waals surface area contributed by atoms with E-state index in [1.54, 1.807) is 11.8 Å². The van der Waals surface area contributed by atoms with Crippen LogP contribution in [0.15, 0.2) is 28.4 Å². The third-order valence-corrected chi connectivity index (χ3v) is 4.85. The number of pyridine rings is 1. The predicted molar refractivity (Wildman–Crippen MR) is 80.9 cm³/mol. The first kappa shape index (κ1) is 14.5. The molecule has 1 aliphatic rings. The van der Waals surface area contributed by atoms with Crippen molar-refractivity contribution in [3.8, 4) is 0 Å². The zero-order valence-corrected chi connectivity index (χ0v) is 13.0. The highest BCUT2D eigenvalue weighted by molar-refractivity contribution is 7.99. The quantitative estimate of drug-likeness (QED) is 0.914. The molecule has 0 saturated heterocycles. The molecule has 1 aliphatic carbocycles. The van der Waals surface area contributed by atoms with Gasteiger partial charge in [0.15, 0.2) is 0 Å². The fourth-order valence-electron chi connectivity index (χ4n) is 2.62. The van der Waals surface area contributed by atoms with Crippen molar-refractivity contribution in [2.75, 3.05) is 0 Å². The van der Waals surface area contributed by atoms with Gasteiger partial charge in [0.2, 0.25) is 5.16 Å². The van der Waals surface area contributed by atoms with Crippen molar-refractivity contribution in [2.45, 2.75) is 61.2 Å². The minimum atomic E-state index is 0.00728. The molecule has 1 atom stereocenters. The molecule has 112 valence electrons. The molecule has 21 heavy (non-hydrogen) atoms. The van der Waals surface area contributed by atoms with E-state index in [0.29, 0.717) is 6.04 Å². The number of aromatic nitrogens is 5. The fourth-order valence-corrected chi connectivity index (χ4v) is 3.43. The summed E-state index contributed by atoms with van der Waals surface area (Å²) in [5.74, 6) is 0. The van der Waals surface area contributed by atoms with E-state index >= 15 is 0 Å². The van der Waals surface area contributed by atoms with E-state index < -0.39 is 0 Å². The molecule has 0 radical (unpaired) electrons. The highest BCUT2D eigenvalue weighted by Gasteiger charge is 2.22. The highest BCUT2D eigenvalue weighted by Crippen LogP contribution is 2.33. The molecule has 3 rings (SSSR count). The second-order valence-electron chi connectivity index (χ2n) is 5.38. The van der Waals surface area contributed by atoms with E-state index in [4.69, 9.17) is 5.73 Å². The van der Waals surface area contributed by atoms with Crippen molar-refractivity contribution in [3.05, 3.63) is 24.0 Å². The van der Waals surface area contributed by atoms with E-state index in [-0.39, 0.29) is 6.04 Å². The Kier molecular flexibility index (Phi) is 4.50. The van der Waals surface area contributed by atoms with Crippen LogP contribution in [0.1, 0.15) is 56.8 Å². The summed E-state index contributed by atoms with van der Waals surface area (Å²) >= 11 is 1.56. The number of tetrazole rings is 1. The molecule has 7 heteroatoms. The normalized spacial score (nSPS) is 17.2. The lowest BCUT2D eigenvalue weighted by molar-refractivity contribution is 0.423. The molecule has 1 fully saturated rings. The van der Waals surface area contributed by atoms with E-state index in [2.05, 4.69) is 27.4 Å². The van der Waals surface area contributed by atoms with Gasteiger partial charge in [0.05, 0.1) is 11.7 Å². The van der Waals surface area contributed by atoms with Gasteiger partial charge in [-0.1, -0.05) is 19.8 Å². The van der Waals surface area contributed by atoms with Crippen LogP contribution in [-0.2, 0) is 0 Å². The number of hydrogen-bond acceptors (Lipinski definition) is 6. The summed E-state index contributed by atoms with van der Waals surface area (Å²) in [6, 6.07) is 4.48. The Morgan fingerprint density at radius 3 is 2.86 bits per heavy atom. The Balaban J connectivity index is 1.73. The van der Waals surface area contributed by atoms with Crippen molar-refractivity contribution in [1.29, 1.82) is 0 Å².